The minimum absolute atomic E-state index is 0.0546. The Balaban J connectivity index is 1.88. The number of hydrogen-bond acceptors (Lipinski definition) is 5. The van der Waals surface area contributed by atoms with Crippen LogP contribution in [0.4, 0.5) is 5.69 Å². The maximum Gasteiger partial charge on any atom is 0.240 e. The van der Waals surface area contributed by atoms with Gasteiger partial charge in [0.15, 0.2) is 0 Å². The van der Waals surface area contributed by atoms with Gasteiger partial charge >= 0.3 is 0 Å². The number of sulfonamides is 1. The van der Waals surface area contributed by atoms with Crippen molar-refractivity contribution in [3.8, 4) is 11.5 Å². The molecule has 0 saturated carbocycles. The summed E-state index contributed by atoms with van der Waals surface area (Å²) in [5.74, 6) is 1.21. The molecule has 0 unspecified atom stereocenters. The molecule has 0 aliphatic heterocycles. The van der Waals surface area contributed by atoms with E-state index < -0.39 is 10.0 Å². The first-order chi connectivity index (χ1) is 9.97. The summed E-state index contributed by atoms with van der Waals surface area (Å²) >= 11 is 0. The average molecular weight is 308 g/mol. The molecule has 2 aromatic carbocycles. The van der Waals surface area contributed by atoms with E-state index >= 15 is 0 Å². The predicted molar refractivity (Wildman–Crippen MR) is 79.7 cm³/mol. The number of anilines is 1. The normalized spacial score (nSPS) is 11.1. The van der Waals surface area contributed by atoms with Crippen LogP contribution >= 0.6 is 0 Å². The van der Waals surface area contributed by atoms with Crippen LogP contribution in [0, 0.1) is 0 Å². The molecule has 0 radical (unpaired) electrons. The van der Waals surface area contributed by atoms with Gasteiger partial charge in [-0.05, 0) is 24.3 Å². The van der Waals surface area contributed by atoms with Gasteiger partial charge in [-0.3, -0.25) is 0 Å². The molecule has 0 saturated heterocycles. The molecule has 112 valence electrons. The van der Waals surface area contributed by atoms with Crippen molar-refractivity contribution in [2.24, 2.45) is 5.14 Å². The molecular formula is C14H16N2O4S. The molecular weight excluding hydrogens is 292 g/mol. The van der Waals surface area contributed by atoms with Crippen LogP contribution in [0.15, 0.2) is 53.4 Å². The van der Waals surface area contributed by atoms with Gasteiger partial charge < -0.3 is 15.2 Å². The van der Waals surface area contributed by atoms with Crippen LogP contribution in [0.2, 0.25) is 0 Å². The van der Waals surface area contributed by atoms with Gasteiger partial charge in [0.25, 0.3) is 0 Å². The Bertz CT molecular complexity index is 702. The fraction of sp³-hybridized carbons (Fsp3) is 0.143. The summed E-state index contributed by atoms with van der Waals surface area (Å²) in [6.45, 7) is 0.671. The predicted octanol–water partition coefficient (Wildman–Crippen LogP) is 1.37. The lowest BCUT2D eigenvalue weighted by atomic mass is 10.3. The maximum absolute atomic E-state index is 11.2. The molecule has 21 heavy (non-hydrogen) atoms. The summed E-state index contributed by atoms with van der Waals surface area (Å²) < 4.78 is 33.3. The maximum atomic E-state index is 11.2. The largest absolute Gasteiger partial charge is 0.490 e. The number of benzene rings is 2. The van der Waals surface area contributed by atoms with Crippen molar-refractivity contribution in [3.05, 3.63) is 48.5 Å². The van der Waals surface area contributed by atoms with Gasteiger partial charge in [0, 0.05) is 6.07 Å². The van der Waals surface area contributed by atoms with Crippen molar-refractivity contribution in [1.29, 1.82) is 0 Å². The van der Waals surface area contributed by atoms with Crippen LogP contribution in [0.1, 0.15) is 0 Å². The molecule has 4 N–H and O–H groups in total. The number of nitrogen functional groups attached to an aromatic ring is 1. The Hall–Kier alpha value is -2.25. The number of primary sulfonamides is 1. The van der Waals surface area contributed by atoms with E-state index in [1.54, 1.807) is 0 Å². The lowest BCUT2D eigenvalue weighted by Gasteiger charge is -2.10. The Labute approximate surface area is 123 Å². The first-order valence-electron chi connectivity index (χ1n) is 6.20. The van der Waals surface area contributed by atoms with Gasteiger partial charge in [0.2, 0.25) is 10.0 Å². The summed E-state index contributed by atoms with van der Waals surface area (Å²) in [7, 11) is -3.82. The lowest BCUT2D eigenvalue weighted by molar-refractivity contribution is 0.217. The van der Waals surface area contributed by atoms with Gasteiger partial charge in [0.1, 0.15) is 29.6 Å². The molecule has 0 aliphatic rings. The summed E-state index contributed by atoms with van der Waals surface area (Å²) in [5.41, 5.74) is 5.69. The van der Waals surface area contributed by atoms with Gasteiger partial charge in [-0.15, -0.1) is 0 Å². The monoisotopic (exact) mass is 308 g/mol. The van der Waals surface area contributed by atoms with Crippen LogP contribution < -0.4 is 20.3 Å². The third-order valence-corrected chi connectivity index (χ3v) is 3.64. The highest BCUT2D eigenvalue weighted by atomic mass is 32.2. The highest BCUT2D eigenvalue weighted by molar-refractivity contribution is 7.89. The Morgan fingerprint density at radius 3 is 2.10 bits per heavy atom. The Morgan fingerprint density at radius 2 is 1.52 bits per heavy atom. The molecule has 0 aromatic heterocycles. The van der Waals surface area contributed by atoms with Gasteiger partial charge in [-0.1, -0.05) is 18.2 Å². The van der Waals surface area contributed by atoms with Crippen LogP contribution in [-0.4, -0.2) is 21.6 Å². The van der Waals surface area contributed by atoms with Crippen molar-refractivity contribution in [2.75, 3.05) is 18.9 Å². The quantitative estimate of drug-likeness (QED) is 0.619. The SMILES string of the molecule is Nc1cc(OCCOc2ccccc2)ccc1S(N)(=O)=O. The van der Waals surface area contributed by atoms with E-state index in [0.29, 0.717) is 19.0 Å². The topological polar surface area (TPSA) is 105 Å². The molecule has 2 rings (SSSR count). The van der Waals surface area contributed by atoms with Gasteiger partial charge in [0.05, 0.1) is 5.69 Å². The van der Waals surface area contributed by atoms with Crippen LogP contribution in [0.25, 0.3) is 0 Å². The minimum Gasteiger partial charge on any atom is -0.490 e. The molecule has 0 heterocycles. The van der Waals surface area contributed by atoms with Crippen LogP contribution in [-0.2, 0) is 10.0 Å². The van der Waals surface area contributed by atoms with E-state index in [2.05, 4.69) is 0 Å². The van der Waals surface area contributed by atoms with E-state index in [1.165, 1.54) is 18.2 Å². The van der Waals surface area contributed by atoms with E-state index in [9.17, 15) is 8.42 Å². The van der Waals surface area contributed by atoms with Gasteiger partial charge in [-0.2, -0.15) is 0 Å². The van der Waals surface area contributed by atoms with Crippen molar-refractivity contribution in [2.45, 2.75) is 4.90 Å². The number of rotatable bonds is 6. The van der Waals surface area contributed by atoms with Crippen molar-refractivity contribution in [1.82, 2.24) is 0 Å². The second kappa shape index (κ2) is 6.47. The van der Waals surface area contributed by atoms with E-state index in [1.807, 2.05) is 30.3 Å². The standard InChI is InChI=1S/C14H16N2O4S/c15-13-10-12(6-7-14(13)21(16,17)18)20-9-8-19-11-4-2-1-3-5-11/h1-7,10H,8-9,15H2,(H2,16,17,18). The number of nitrogens with two attached hydrogens (primary N) is 2. The second-order valence-corrected chi connectivity index (χ2v) is 5.78. The Kier molecular flexibility index (Phi) is 4.66. The molecule has 0 aliphatic carbocycles. The smallest absolute Gasteiger partial charge is 0.240 e. The average Bonchev–Trinajstić information content (AvgIpc) is 2.43. The van der Waals surface area contributed by atoms with Crippen molar-refractivity contribution < 1.29 is 17.9 Å². The molecule has 0 amide bonds. The number of hydrogen-bond donors (Lipinski definition) is 2. The lowest BCUT2D eigenvalue weighted by Crippen LogP contribution is -2.14. The van der Waals surface area contributed by atoms with Crippen LogP contribution in [0.5, 0.6) is 11.5 Å². The minimum atomic E-state index is -3.82. The van der Waals surface area contributed by atoms with Crippen molar-refractivity contribution >= 4 is 15.7 Å². The van der Waals surface area contributed by atoms with Crippen LogP contribution in [0.3, 0.4) is 0 Å². The number of para-hydroxylation sites is 1. The molecule has 6 nitrogen and oxygen atoms in total. The van der Waals surface area contributed by atoms with Crippen molar-refractivity contribution in [3.63, 3.8) is 0 Å². The highest BCUT2D eigenvalue weighted by Crippen LogP contribution is 2.22. The van der Waals surface area contributed by atoms with E-state index in [4.69, 9.17) is 20.3 Å². The molecule has 0 spiro atoms. The highest BCUT2D eigenvalue weighted by Gasteiger charge is 2.12. The molecule has 0 atom stereocenters. The third-order valence-electron chi connectivity index (χ3n) is 2.65. The summed E-state index contributed by atoms with van der Waals surface area (Å²) in [6.07, 6.45) is 0. The zero-order chi connectivity index (χ0) is 15.3. The summed E-state index contributed by atoms with van der Waals surface area (Å²) in [4.78, 5) is -0.115. The van der Waals surface area contributed by atoms with E-state index in [-0.39, 0.29) is 10.6 Å². The fourth-order valence-electron chi connectivity index (χ4n) is 1.71. The first kappa shape index (κ1) is 15.1. The van der Waals surface area contributed by atoms with E-state index in [0.717, 1.165) is 5.75 Å². The zero-order valence-corrected chi connectivity index (χ0v) is 12.0. The summed E-state index contributed by atoms with van der Waals surface area (Å²) in [6, 6.07) is 13.6. The molecule has 2 aromatic rings. The van der Waals surface area contributed by atoms with Gasteiger partial charge in [-0.25, -0.2) is 13.6 Å². The third kappa shape index (κ3) is 4.37. The Morgan fingerprint density at radius 1 is 0.905 bits per heavy atom. The first-order valence-corrected chi connectivity index (χ1v) is 7.74. The fourth-order valence-corrected chi connectivity index (χ4v) is 2.36. The molecule has 0 bridgehead atoms. The number of ether oxygens (including phenoxy) is 2. The molecule has 7 heteroatoms. The summed E-state index contributed by atoms with van der Waals surface area (Å²) in [5, 5.41) is 5.03. The zero-order valence-electron chi connectivity index (χ0n) is 11.2. The molecule has 0 fully saturated rings. The second-order valence-electron chi connectivity index (χ2n) is 4.25.